The minimum absolute atomic E-state index is 0.0634. The van der Waals surface area contributed by atoms with Crippen LogP contribution in [0.25, 0.3) is 0 Å². The standard InChI is InChI=1S/C18H20FN5O2/c19-13-2-4-14(5-3-13)22-18-15(17(21)26)9-24(23-18)16-6-1-11(10-25)7-12(16)8-20/h2-5,9,11-12,16,25H,1,6-7,10H2,(H2,21,26)(H,22,23). The molecule has 8 heteroatoms. The summed E-state index contributed by atoms with van der Waals surface area (Å²) >= 11 is 0. The van der Waals surface area contributed by atoms with E-state index in [1.165, 1.54) is 24.3 Å². The lowest BCUT2D eigenvalue weighted by atomic mass is 9.79. The van der Waals surface area contributed by atoms with Crippen molar-refractivity contribution in [1.29, 1.82) is 5.26 Å². The number of aromatic nitrogens is 2. The van der Waals surface area contributed by atoms with Gasteiger partial charge < -0.3 is 16.2 Å². The van der Waals surface area contributed by atoms with E-state index in [-0.39, 0.29) is 41.7 Å². The van der Waals surface area contributed by atoms with Crippen LogP contribution in [0.1, 0.15) is 35.7 Å². The largest absolute Gasteiger partial charge is 0.396 e. The zero-order valence-corrected chi connectivity index (χ0v) is 14.1. The van der Waals surface area contributed by atoms with Crippen molar-refractivity contribution >= 4 is 17.4 Å². The van der Waals surface area contributed by atoms with Gasteiger partial charge in [0.15, 0.2) is 5.82 Å². The van der Waals surface area contributed by atoms with Gasteiger partial charge in [-0.2, -0.15) is 10.4 Å². The number of rotatable bonds is 5. The number of anilines is 2. The van der Waals surface area contributed by atoms with Gasteiger partial charge in [0.25, 0.3) is 5.91 Å². The molecule has 136 valence electrons. The summed E-state index contributed by atoms with van der Waals surface area (Å²) in [6.07, 6.45) is 3.60. The van der Waals surface area contributed by atoms with Crippen LogP contribution in [0.2, 0.25) is 0 Å². The van der Waals surface area contributed by atoms with E-state index in [9.17, 15) is 19.6 Å². The third-order valence-corrected chi connectivity index (χ3v) is 4.79. The van der Waals surface area contributed by atoms with Crippen LogP contribution in [0.3, 0.4) is 0 Å². The van der Waals surface area contributed by atoms with Crippen LogP contribution in [0.5, 0.6) is 0 Å². The highest BCUT2D eigenvalue weighted by atomic mass is 19.1. The highest BCUT2D eigenvalue weighted by Gasteiger charge is 2.33. The molecule has 7 nitrogen and oxygen atoms in total. The molecule has 3 rings (SSSR count). The average molecular weight is 357 g/mol. The van der Waals surface area contributed by atoms with E-state index in [2.05, 4.69) is 16.5 Å². The number of benzene rings is 1. The Bertz CT molecular complexity index is 827. The van der Waals surface area contributed by atoms with Crippen molar-refractivity contribution < 1.29 is 14.3 Å². The van der Waals surface area contributed by atoms with E-state index in [1.807, 2.05) is 0 Å². The van der Waals surface area contributed by atoms with Crippen LogP contribution < -0.4 is 11.1 Å². The van der Waals surface area contributed by atoms with Gasteiger partial charge in [-0.3, -0.25) is 9.48 Å². The van der Waals surface area contributed by atoms with Gasteiger partial charge in [0.2, 0.25) is 0 Å². The maximum atomic E-state index is 13.1. The fourth-order valence-corrected chi connectivity index (χ4v) is 3.37. The molecular formula is C18H20FN5O2. The summed E-state index contributed by atoms with van der Waals surface area (Å²) in [4.78, 5) is 11.8. The number of hydrogen-bond acceptors (Lipinski definition) is 5. The fourth-order valence-electron chi connectivity index (χ4n) is 3.37. The van der Waals surface area contributed by atoms with E-state index in [0.717, 1.165) is 6.42 Å². The van der Waals surface area contributed by atoms with Crippen LogP contribution in [-0.2, 0) is 0 Å². The Morgan fingerprint density at radius 3 is 2.77 bits per heavy atom. The van der Waals surface area contributed by atoms with Gasteiger partial charge in [-0.15, -0.1) is 0 Å². The van der Waals surface area contributed by atoms with Crippen LogP contribution in [0, 0.1) is 29.0 Å². The van der Waals surface area contributed by atoms with Gasteiger partial charge in [0, 0.05) is 18.5 Å². The van der Waals surface area contributed by atoms with E-state index in [0.29, 0.717) is 18.5 Å². The Morgan fingerprint density at radius 2 is 2.15 bits per heavy atom. The minimum Gasteiger partial charge on any atom is -0.396 e. The van der Waals surface area contributed by atoms with E-state index < -0.39 is 5.91 Å². The van der Waals surface area contributed by atoms with Gasteiger partial charge >= 0.3 is 0 Å². The van der Waals surface area contributed by atoms with E-state index in [4.69, 9.17) is 5.73 Å². The molecule has 0 saturated heterocycles. The lowest BCUT2D eigenvalue weighted by Crippen LogP contribution is -2.28. The molecule has 0 aliphatic heterocycles. The zero-order valence-electron chi connectivity index (χ0n) is 14.1. The molecule has 1 aliphatic rings. The van der Waals surface area contributed by atoms with E-state index in [1.54, 1.807) is 10.9 Å². The number of carbonyl (C=O) groups excluding carboxylic acids is 1. The summed E-state index contributed by atoms with van der Waals surface area (Å²) in [5, 5.41) is 26.2. The topological polar surface area (TPSA) is 117 Å². The Balaban J connectivity index is 1.88. The van der Waals surface area contributed by atoms with Crippen molar-refractivity contribution in [2.45, 2.75) is 25.3 Å². The Labute approximate surface area is 150 Å². The van der Waals surface area contributed by atoms with Crippen molar-refractivity contribution in [3.63, 3.8) is 0 Å². The first-order valence-electron chi connectivity index (χ1n) is 8.43. The number of nitriles is 1. The zero-order chi connectivity index (χ0) is 18.7. The number of aliphatic hydroxyl groups excluding tert-OH is 1. The Morgan fingerprint density at radius 1 is 1.42 bits per heavy atom. The van der Waals surface area contributed by atoms with Crippen LogP contribution in [0.4, 0.5) is 15.9 Å². The summed E-state index contributed by atoms with van der Waals surface area (Å²) in [7, 11) is 0. The number of primary amides is 1. The third kappa shape index (κ3) is 3.68. The minimum atomic E-state index is -0.640. The van der Waals surface area contributed by atoms with Gasteiger partial charge in [-0.1, -0.05) is 0 Å². The Kier molecular flexibility index (Phi) is 5.19. The van der Waals surface area contributed by atoms with Crippen LogP contribution >= 0.6 is 0 Å². The number of aliphatic hydroxyl groups is 1. The summed E-state index contributed by atoms with van der Waals surface area (Å²) in [5.74, 6) is -0.934. The van der Waals surface area contributed by atoms with Gasteiger partial charge in [0.05, 0.1) is 18.0 Å². The van der Waals surface area contributed by atoms with Crippen LogP contribution in [0.15, 0.2) is 30.5 Å². The first kappa shape index (κ1) is 17.9. The number of nitrogens with one attached hydrogen (secondary N) is 1. The maximum Gasteiger partial charge on any atom is 0.254 e. The van der Waals surface area contributed by atoms with E-state index >= 15 is 0 Å². The fraction of sp³-hybridized carbons (Fsp3) is 0.389. The molecule has 4 N–H and O–H groups in total. The number of halogens is 1. The first-order valence-corrected chi connectivity index (χ1v) is 8.43. The normalized spacial score (nSPS) is 22.6. The monoisotopic (exact) mass is 357 g/mol. The summed E-state index contributed by atoms with van der Waals surface area (Å²) in [5.41, 5.74) is 6.23. The molecule has 0 spiro atoms. The molecule has 1 aromatic heterocycles. The second-order valence-corrected chi connectivity index (χ2v) is 6.53. The molecule has 1 saturated carbocycles. The predicted octanol–water partition coefficient (Wildman–Crippen LogP) is 2.34. The van der Waals surface area contributed by atoms with Crippen molar-refractivity contribution in [3.8, 4) is 6.07 Å². The lowest BCUT2D eigenvalue weighted by molar-refractivity contribution is 0.100. The van der Waals surface area contributed by atoms with Crippen molar-refractivity contribution in [2.24, 2.45) is 17.6 Å². The summed E-state index contributed by atoms with van der Waals surface area (Å²) in [6, 6.07) is 7.75. The van der Waals surface area contributed by atoms with Gasteiger partial charge in [-0.05, 0) is 49.4 Å². The molecule has 0 radical (unpaired) electrons. The van der Waals surface area contributed by atoms with Crippen molar-refractivity contribution in [2.75, 3.05) is 11.9 Å². The highest BCUT2D eigenvalue weighted by molar-refractivity contribution is 5.98. The molecule has 1 amide bonds. The SMILES string of the molecule is N#CC1CC(CO)CCC1n1cc(C(N)=O)c(Nc2ccc(F)cc2)n1. The molecule has 2 aromatic rings. The molecule has 1 aliphatic carbocycles. The maximum absolute atomic E-state index is 13.1. The smallest absolute Gasteiger partial charge is 0.254 e. The molecule has 1 heterocycles. The second-order valence-electron chi connectivity index (χ2n) is 6.53. The lowest BCUT2D eigenvalue weighted by Gasteiger charge is -2.31. The number of hydrogen-bond donors (Lipinski definition) is 3. The van der Waals surface area contributed by atoms with Gasteiger partial charge in [-0.25, -0.2) is 4.39 Å². The molecule has 1 fully saturated rings. The average Bonchev–Trinajstić information content (AvgIpc) is 3.07. The Hall–Kier alpha value is -2.92. The molecule has 1 aromatic carbocycles. The second kappa shape index (κ2) is 7.54. The summed E-state index contributed by atoms with van der Waals surface area (Å²) in [6.45, 7) is 0.0634. The molecule has 3 atom stereocenters. The quantitative estimate of drug-likeness (QED) is 0.759. The highest BCUT2D eigenvalue weighted by Crippen LogP contribution is 2.37. The number of nitrogens with two attached hydrogens (primary N) is 1. The third-order valence-electron chi connectivity index (χ3n) is 4.79. The number of nitrogens with zero attached hydrogens (tertiary/aromatic N) is 3. The van der Waals surface area contributed by atoms with Gasteiger partial charge in [0.1, 0.15) is 11.4 Å². The molecule has 26 heavy (non-hydrogen) atoms. The van der Waals surface area contributed by atoms with Crippen LogP contribution in [-0.4, -0.2) is 27.4 Å². The molecule has 3 unspecified atom stereocenters. The summed E-state index contributed by atoms with van der Waals surface area (Å²) < 4.78 is 14.7. The first-order chi connectivity index (χ1) is 12.5. The number of carbonyl (C=O) groups is 1. The molecular weight excluding hydrogens is 337 g/mol. The van der Waals surface area contributed by atoms with Crippen molar-refractivity contribution in [3.05, 3.63) is 41.8 Å². The predicted molar refractivity (Wildman–Crippen MR) is 93.0 cm³/mol. The number of amides is 1. The molecule has 0 bridgehead atoms. The van der Waals surface area contributed by atoms with Crippen molar-refractivity contribution in [1.82, 2.24) is 9.78 Å².